The van der Waals surface area contributed by atoms with Crippen molar-refractivity contribution in [1.29, 1.82) is 0 Å². The standard InChI is InChI=1S/C11H11BrO3/c1-7-3-8(6-13)11(15-2)4-9(7)10(14)5-12/h3-4,6H,5H2,1-2H3. The van der Waals surface area contributed by atoms with Crippen LogP contribution in [0.4, 0.5) is 0 Å². The Bertz CT molecular complexity index is 399. The summed E-state index contributed by atoms with van der Waals surface area (Å²) >= 11 is 3.11. The van der Waals surface area contributed by atoms with Crippen LogP contribution in [0.5, 0.6) is 5.75 Å². The maximum atomic E-state index is 11.5. The fourth-order valence-corrected chi connectivity index (χ4v) is 1.65. The highest BCUT2D eigenvalue weighted by molar-refractivity contribution is 9.09. The normalized spacial score (nSPS) is 9.80. The molecule has 0 N–H and O–H groups in total. The molecule has 0 aliphatic heterocycles. The molecule has 0 bridgehead atoms. The van der Waals surface area contributed by atoms with Crippen LogP contribution in [-0.2, 0) is 0 Å². The minimum Gasteiger partial charge on any atom is -0.496 e. The molecule has 0 aliphatic carbocycles. The van der Waals surface area contributed by atoms with E-state index < -0.39 is 0 Å². The van der Waals surface area contributed by atoms with Gasteiger partial charge in [-0.1, -0.05) is 15.9 Å². The average Bonchev–Trinajstić information content (AvgIpc) is 2.27. The van der Waals surface area contributed by atoms with Gasteiger partial charge in [-0.05, 0) is 24.6 Å². The van der Waals surface area contributed by atoms with E-state index in [2.05, 4.69) is 15.9 Å². The molecule has 0 saturated carbocycles. The van der Waals surface area contributed by atoms with Crippen molar-refractivity contribution < 1.29 is 14.3 Å². The molecule has 4 heteroatoms. The van der Waals surface area contributed by atoms with Crippen molar-refractivity contribution in [2.75, 3.05) is 12.4 Å². The van der Waals surface area contributed by atoms with Crippen LogP contribution in [0.25, 0.3) is 0 Å². The van der Waals surface area contributed by atoms with Gasteiger partial charge in [0, 0.05) is 5.56 Å². The lowest BCUT2D eigenvalue weighted by atomic mass is 10.0. The second-order valence-corrected chi connectivity index (χ2v) is 3.64. The molecule has 3 nitrogen and oxygen atoms in total. The summed E-state index contributed by atoms with van der Waals surface area (Å²) in [4.78, 5) is 22.2. The molecule has 0 heterocycles. The van der Waals surface area contributed by atoms with Crippen LogP contribution in [0.15, 0.2) is 12.1 Å². The molecular weight excluding hydrogens is 260 g/mol. The van der Waals surface area contributed by atoms with E-state index in [9.17, 15) is 9.59 Å². The number of alkyl halides is 1. The van der Waals surface area contributed by atoms with E-state index in [4.69, 9.17) is 4.74 Å². The number of halogens is 1. The summed E-state index contributed by atoms with van der Waals surface area (Å²) in [7, 11) is 1.47. The maximum absolute atomic E-state index is 11.5. The zero-order valence-electron chi connectivity index (χ0n) is 8.54. The second-order valence-electron chi connectivity index (χ2n) is 3.08. The Morgan fingerprint density at radius 2 is 2.20 bits per heavy atom. The molecule has 0 amide bonds. The fourth-order valence-electron chi connectivity index (χ4n) is 1.35. The van der Waals surface area contributed by atoms with Gasteiger partial charge in [0.2, 0.25) is 0 Å². The number of rotatable bonds is 4. The highest BCUT2D eigenvalue weighted by Crippen LogP contribution is 2.22. The van der Waals surface area contributed by atoms with E-state index in [1.807, 2.05) is 0 Å². The van der Waals surface area contributed by atoms with Crippen molar-refractivity contribution in [3.63, 3.8) is 0 Å². The summed E-state index contributed by atoms with van der Waals surface area (Å²) in [5.41, 5.74) is 1.82. The molecule has 0 spiro atoms. The predicted octanol–water partition coefficient (Wildman–Crippen LogP) is 2.39. The van der Waals surface area contributed by atoms with Crippen LogP contribution in [0.1, 0.15) is 26.3 Å². The maximum Gasteiger partial charge on any atom is 0.173 e. The summed E-state index contributed by atoms with van der Waals surface area (Å²) in [5.74, 6) is 0.406. The minimum absolute atomic E-state index is 0.0248. The highest BCUT2D eigenvalue weighted by atomic mass is 79.9. The number of carbonyl (C=O) groups excluding carboxylic acids is 2. The molecule has 0 aliphatic rings. The average molecular weight is 271 g/mol. The topological polar surface area (TPSA) is 43.4 Å². The van der Waals surface area contributed by atoms with Gasteiger partial charge < -0.3 is 4.74 Å². The van der Waals surface area contributed by atoms with Crippen molar-refractivity contribution in [1.82, 2.24) is 0 Å². The smallest absolute Gasteiger partial charge is 0.173 e. The highest BCUT2D eigenvalue weighted by Gasteiger charge is 2.12. The van der Waals surface area contributed by atoms with Crippen LogP contribution >= 0.6 is 15.9 Å². The molecule has 0 fully saturated rings. The van der Waals surface area contributed by atoms with Crippen LogP contribution in [0.2, 0.25) is 0 Å². The van der Waals surface area contributed by atoms with Crippen LogP contribution in [0, 0.1) is 6.92 Å². The Hall–Kier alpha value is -1.16. The first-order valence-corrected chi connectivity index (χ1v) is 5.49. The van der Waals surface area contributed by atoms with Crippen molar-refractivity contribution in [3.8, 4) is 5.75 Å². The van der Waals surface area contributed by atoms with Gasteiger partial charge in [-0.3, -0.25) is 9.59 Å². The van der Waals surface area contributed by atoms with Crippen molar-refractivity contribution in [2.45, 2.75) is 6.92 Å². The Labute approximate surface area is 96.6 Å². The van der Waals surface area contributed by atoms with Gasteiger partial charge in [-0.2, -0.15) is 0 Å². The molecule has 15 heavy (non-hydrogen) atoms. The lowest BCUT2D eigenvalue weighted by molar-refractivity contribution is 0.102. The number of ether oxygens (including phenoxy) is 1. The largest absolute Gasteiger partial charge is 0.496 e. The summed E-state index contributed by atoms with van der Waals surface area (Å²) in [6, 6.07) is 3.25. The number of Topliss-reactive ketones (excluding diaryl/α,β-unsaturated/α-hetero) is 1. The van der Waals surface area contributed by atoms with Gasteiger partial charge in [-0.25, -0.2) is 0 Å². The van der Waals surface area contributed by atoms with Crippen LogP contribution in [-0.4, -0.2) is 24.5 Å². The first-order chi connectivity index (χ1) is 7.13. The van der Waals surface area contributed by atoms with Gasteiger partial charge in [0.15, 0.2) is 12.1 Å². The Morgan fingerprint density at radius 3 is 2.67 bits per heavy atom. The molecule has 80 valence electrons. The third-order valence-corrected chi connectivity index (χ3v) is 2.63. The molecule has 1 aromatic rings. The second kappa shape index (κ2) is 5.07. The van der Waals surface area contributed by atoms with Gasteiger partial charge >= 0.3 is 0 Å². The SMILES string of the molecule is COc1cc(C(=O)CBr)c(C)cc1C=O. The number of aryl methyl sites for hydroxylation is 1. The van der Waals surface area contributed by atoms with E-state index in [0.717, 1.165) is 5.56 Å². The number of hydrogen-bond donors (Lipinski definition) is 0. The Morgan fingerprint density at radius 1 is 1.53 bits per heavy atom. The van der Waals surface area contributed by atoms with Crippen molar-refractivity contribution >= 4 is 28.0 Å². The summed E-state index contributed by atoms with van der Waals surface area (Å²) in [5, 5.41) is 0.261. The quantitative estimate of drug-likeness (QED) is 0.479. The first kappa shape index (κ1) is 11.9. The lowest BCUT2D eigenvalue weighted by Crippen LogP contribution is -2.04. The number of hydrogen-bond acceptors (Lipinski definition) is 3. The van der Waals surface area contributed by atoms with Gasteiger partial charge in [0.1, 0.15) is 5.75 Å². The van der Waals surface area contributed by atoms with Gasteiger partial charge in [0.25, 0.3) is 0 Å². The van der Waals surface area contributed by atoms with Crippen LogP contribution in [0.3, 0.4) is 0 Å². The Balaban J connectivity index is 3.31. The Kier molecular flexibility index (Phi) is 4.03. The minimum atomic E-state index is -0.0248. The molecular formula is C11H11BrO3. The predicted molar refractivity (Wildman–Crippen MR) is 61.2 cm³/mol. The van der Waals surface area contributed by atoms with Crippen molar-refractivity contribution in [2.24, 2.45) is 0 Å². The van der Waals surface area contributed by atoms with E-state index in [0.29, 0.717) is 23.2 Å². The monoisotopic (exact) mass is 270 g/mol. The first-order valence-electron chi connectivity index (χ1n) is 4.37. The summed E-state index contributed by atoms with van der Waals surface area (Å²) < 4.78 is 5.03. The third-order valence-electron chi connectivity index (χ3n) is 2.13. The van der Waals surface area contributed by atoms with Gasteiger partial charge in [-0.15, -0.1) is 0 Å². The number of benzene rings is 1. The molecule has 1 aromatic carbocycles. The van der Waals surface area contributed by atoms with E-state index in [-0.39, 0.29) is 11.1 Å². The molecule has 0 saturated heterocycles. The molecule has 1 rings (SSSR count). The van der Waals surface area contributed by atoms with Crippen molar-refractivity contribution in [3.05, 3.63) is 28.8 Å². The summed E-state index contributed by atoms with van der Waals surface area (Å²) in [6.07, 6.45) is 0.716. The zero-order chi connectivity index (χ0) is 11.4. The number of methoxy groups -OCH3 is 1. The van der Waals surface area contributed by atoms with E-state index in [1.165, 1.54) is 7.11 Å². The molecule has 0 atom stereocenters. The molecule has 0 unspecified atom stereocenters. The lowest BCUT2D eigenvalue weighted by Gasteiger charge is -2.08. The number of aldehydes is 1. The molecule has 0 aromatic heterocycles. The number of ketones is 1. The van der Waals surface area contributed by atoms with Gasteiger partial charge in [0.05, 0.1) is 18.0 Å². The van der Waals surface area contributed by atoms with Crippen LogP contribution < -0.4 is 4.74 Å². The summed E-state index contributed by atoms with van der Waals surface area (Å²) in [6.45, 7) is 1.79. The zero-order valence-corrected chi connectivity index (χ0v) is 10.1. The number of carbonyl (C=O) groups is 2. The fraction of sp³-hybridized carbons (Fsp3) is 0.273. The molecule has 0 radical (unpaired) electrons. The van der Waals surface area contributed by atoms with E-state index in [1.54, 1.807) is 19.1 Å². The third kappa shape index (κ3) is 2.45. The van der Waals surface area contributed by atoms with E-state index >= 15 is 0 Å².